The lowest BCUT2D eigenvalue weighted by atomic mass is 9.84. The minimum atomic E-state index is -0.556. The summed E-state index contributed by atoms with van der Waals surface area (Å²) < 4.78 is 6.81. The fourth-order valence-corrected chi connectivity index (χ4v) is 2.99. The topological polar surface area (TPSA) is 35.2 Å². The zero-order valence-electron chi connectivity index (χ0n) is 10.8. The number of benzene rings is 2. The molecule has 2 aromatic rings. The molecule has 1 atom stereocenters. The summed E-state index contributed by atoms with van der Waals surface area (Å²) in [5.41, 5.74) is 9.43. The van der Waals surface area contributed by atoms with Gasteiger partial charge in [0.2, 0.25) is 0 Å². The maximum atomic E-state index is 6.60. The smallest absolute Gasteiger partial charge is 0.128 e. The van der Waals surface area contributed by atoms with Crippen LogP contribution in [-0.4, -0.2) is 6.61 Å². The fraction of sp³-hybridized carbons (Fsp3) is 0.250. The van der Waals surface area contributed by atoms with Crippen LogP contribution >= 0.6 is 15.9 Å². The Bertz CT molecular complexity index is 622. The first-order valence-corrected chi connectivity index (χ1v) is 7.18. The van der Waals surface area contributed by atoms with Crippen molar-refractivity contribution >= 4 is 15.9 Å². The van der Waals surface area contributed by atoms with Crippen LogP contribution in [0.1, 0.15) is 23.6 Å². The summed E-state index contributed by atoms with van der Waals surface area (Å²) in [5.74, 6) is 0.965. The lowest BCUT2D eigenvalue weighted by Crippen LogP contribution is -2.34. The van der Waals surface area contributed by atoms with Gasteiger partial charge in [0, 0.05) is 16.5 Å². The number of nitrogens with two attached hydrogens (primary N) is 1. The highest BCUT2D eigenvalue weighted by Gasteiger charge is 2.30. The van der Waals surface area contributed by atoms with E-state index < -0.39 is 5.54 Å². The van der Waals surface area contributed by atoms with E-state index in [1.54, 1.807) is 0 Å². The Morgan fingerprint density at radius 1 is 1.21 bits per heavy atom. The van der Waals surface area contributed by atoms with Crippen LogP contribution in [0.3, 0.4) is 0 Å². The summed E-state index contributed by atoms with van der Waals surface area (Å²) in [5, 5.41) is 0. The molecule has 0 fully saturated rings. The van der Waals surface area contributed by atoms with Gasteiger partial charge in [-0.3, -0.25) is 0 Å². The van der Waals surface area contributed by atoms with E-state index in [2.05, 4.69) is 46.3 Å². The first kappa shape index (κ1) is 12.7. The van der Waals surface area contributed by atoms with Gasteiger partial charge in [-0.2, -0.15) is 0 Å². The molecule has 19 heavy (non-hydrogen) atoms. The molecule has 1 aliphatic rings. The molecular formula is C16H16BrNO. The van der Waals surface area contributed by atoms with Crippen molar-refractivity contribution in [2.75, 3.05) is 6.61 Å². The van der Waals surface area contributed by atoms with E-state index in [1.807, 2.05) is 19.1 Å². The first-order valence-electron chi connectivity index (χ1n) is 6.39. The van der Waals surface area contributed by atoms with Gasteiger partial charge in [0.15, 0.2) is 0 Å². The van der Waals surface area contributed by atoms with E-state index in [9.17, 15) is 0 Å². The monoisotopic (exact) mass is 317 g/mol. The number of rotatable bonds is 2. The minimum absolute atomic E-state index is 0.556. The molecule has 0 saturated heterocycles. The molecule has 0 radical (unpaired) electrons. The average molecular weight is 318 g/mol. The Labute approximate surface area is 121 Å². The normalized spacial score (nSPS) is 16.6. The SMILES string of the molecule is CC(N)(c1cccc(Br)c1)c1cccc2c1OCC2. The molecule has 1 aliphatic heterocycles. The first-order chi connectivity index (χ1) is 9.09. The molecular weight excluding hydrogens is 302 g/mol. The quantitative estimate of drug-likeness (QED) is 0.918. The molecule has 1 unspecified atom stereocenters. The van der Waals surface area contributed by atoms with Gasteiger partial charge in [-0.05, 0) is 30.2 Å². The van der Waals surface area contributed by atoms with Crippen molar-refractivity contribution < 1.29 is 4.74 Å². The highest BCUT2D eigenvalue weighted by Crippen LogP contribution is 2.38. The van der Waals surface area contributed by atoms with Crippen molar-refractivity contribution in [3.8, 4) is 5.75 Å². The molecule has 3 rings (SSSR count). The second kappa shape index (κ2) is 4.66. The second-order valence-corrected chi connectivity index (χ2v) is 6.02. The molecule has 2 aromatic carbocycles. The van der Waals surface area contributed by atoms with Crippen molar-refractivity contribution in [1.82, 2.24) is 0 Å². The minimum Gasteiger partial charge on any atom is -0.493 e. The van der Waals surface area contributed by atoms with Crippen LogP contribution in [-0.2, 0) is 12.0 Å². The Hall–Kier alpha value is -1.32. The Kier molecular flexibility index (Phi) is 3.11. The molecule has 3 heteroatoms. The lowest BCUT2D eigenvalue weighted by Gasteiger charge is -2.27. The molecule has 0 saturated carbocycles. The summed E-state index contributed by atoms with van der Waals surface area (Å²) >= 11 is 3.50. The fourth-order valence-electron chi connectivity index (χ4n) is 2.59. The second-order valence-electron chi connectivity index (χ2n) is 5.10. The number of hydrogen-bond donors (Lipinski definition) is 1. The molecule has 0 aromatic heterocycles. The van der Waals surface area contributed by atoms with Gasteiger partial charge >= 0.3 is 0 Å². The number of halogens is 1. The molecule has 0 spiro atoms. The zero-order chi connectivity index (χ0) is 13.5. The molecule has 0 amide bonds. The maximum absolute atomic E-state index is 6.60. The van der Waals surface area contributed by atoms with Gasteiger partial charge in [0.05, 0.1) is 12.1 Å². The van der Waals surface area contributed by atoms with Gasteiger partial charge in [0.1, 0.15) is 5.75 Å². The summed E-state index contributed by atoms with van der Waals surface area (Å²) in [4.78, 5) is 0. The van der Waals surface area contributed by atoms with Crippen LogP contribution in [0.5, 0.6) is 5.75 Å². The van der Waals surface area contributed by atoms with E-state index in [0.717, 1.165) is 34.4 Å². The largest absolute Gasteiger partial charge is 0.493 e. The van der Waals surface area contributed by atoms with Crippen LogP contribution in [0.4, 0.5) is 0 Å². The number of ether oxygens (including phenoxy) is 1. The van der Waals surface area contributed by atoms with Crippen LogP contribution in [0.2, 0.25) is 0 Å². The third-order valence-electron chi connectivity index (χ3n) is 3.70. The van der Waals surface area contributed by atoms with E-state index in [1.165, 1.54) is 5.56 Å². The maximum Gasteiger partial charge on any atom is 0.128 e. The summed E-state index contributed by atoms with van der Waals surface area (Å²) in [6.45, 7) is 2.78. The molecule has 1 heterocycles. The van der Waals surface area contributed by atoms with Crippen molar-refractivity contribution in [3.63, 3.8) is 0 Å². The Balaban J connectivity index is 2.13. The Morgan fingerprint density at radius 2 is 2.00 bits per heavy atom. The van der Waals surface area contributed by atoms with Crippen molar-refractivity contribution in [1.29, 1.82) is 0 Å². The van der Waals surface area contributed by atoms with Gasteiger partial charge in [0.25, 0.3) is 0 Å². The average Bonchev–Trinajstić information content (AvgIpc) is 2.86. The lowest BCUT2D eigenvalue weighted by molar-refractivity contribution is 0.347. The summed E-state index contributed by atoms with van der Waals surface area (Å²) in [6, 6.07) is 14.4. The van der Waals surface area contributed by atoms with Gasteiger partial charge in [-0.25, -0.2) is 0 Å². The third kappa shape index (κ3) is 2.17. The molecule has 98 valence electrons. The third-order valence-corrected chi connectivity index (χ3v) is 4.19. The molecule has 0 aliphatic carbocycles. The number of para-hydroxylation sites is 1. The predicted molar refractivity (Wildman–Crippen MR) is 80.4 cm³/mol. The summed E-state index contributed by atoms with van der Waals surface area (Å²) in [6.07, 6.45) is 0.970. The van der Waals surface area contributed by atoms with Crippen LogP contribution in [0.25, 0.3) is 0 Å². The van der Waals surface area contributed by atoms with Crippen molar-refractivity contribution in [3.05, 3.63) is 63.6 Å². The Morgan fingerprint density at radius 3 is 2.79 bits per heavy atom. The van der Waals surface area contributed by atoms with E-state index >= 15 is 0 Å². The van der Waals surface area contributed by atoms with E-state index in [0.29, 0.717) is 0 Å². The molecule has 2 nitrogen and oxygen atoms in total. The number of fused-ring (bicyclic) bond motifs is 1. The van der Waals surface area contributed by atoms with Gasteiger partial charge in [-0.1, -0.05) is 46.3 Å². The van der Waals surface area contributed by atoms with E-state index in [4.69, 9.17) is 10.5 Å². The van der Waals surface area contributed by atoms with Crippen molar-refractivity contribution in [2.45, 2.75) is 18.9 Å². The van der Waals surface area contributed by atoms with Crippen LogP contribution < -0.4 is 10.5 Å². The molecule has 0 bridgehead atoms. The van der Waals surface area contributed by atoms with Gasteiger partial charge < -0.3 is 10.5 Å². The predicted octanol–water partition coefficient (Wildman–Crippen LogP) is 3.61. The highest BCUT2D eigenvalue weighted by atomic mass is 79.9. The van der Waals surface area contributed by atoms with Crippen LogP contribution in [0, 0.1) is 0 Å². The van der Waals surface area contributed by atoms with Gasteiger partial charge in [-0.15, -0.1) is 0 Å². The number of hydrogen-bond acceptors (Lipinski definition) is 2. The summed E-state index contributed by atoms with van der Waals surface area (Å²) in [7, 11) is 0. The van der Waals surface area contributed by atoms with E-state index in [-0.39, 0.29) is 0 Å². The molecule has 2 N–H and O–H groups in total. The zero-order valence-corrected chi connectivity index (χ0v) is 12.4. The highest BCUT2D eigenvalue weighted by molar-refractivity contribution is 9.10. The standard InChI is InChI=1S/C16H16BrNO/c1-16(18,12-5-3-6-13(17)10-12)14-7-2-4-11-8-9-19-15(11)14/h2-7,10H,8-9,18H2,1H3. The van der Waals surface area contributed by atoms with Crippen LogP contribution in [0.15, 0.2) is 46.9 Å². The van der Waals surface area contributed by atoms with Crippen molar-refractivity contribution in [2.24, 2.45) is 5.73 Å².